The number of nitrogens with two attached hydrogens (primary N) is 1. The Labute approximate surface area is 228 Å². The fourth-order valence-electron chi connectivity index (χ4n) is 2.20. The molecule has 0 aliphatic carbocycles. The summed E-state index contributed by atoms with van der Waals surface area (Å²) in [6.45, 7) is 2.04. The number of carbonyl (C=O) groups excluding carboxylic acids is 6. The second-order valence-corrected chi connectivity index (χ2v) is 9.39. The van der Waals surface area contributed by atoms with Crippen molar-refractivity contribution < 1.29 is 43.0 Å². The molecule has 180 valence electrons. The largest absolute Gasteiger partial charge is 0.456 e. The third-order valence-electron chi connectivity index (χ3n) is 3.51. The summed E-state index contributed by atoms with van der Waals surface area (Å²) in [5, 5.41) is 4.55. The van der Waals surface area contributed by atoms with Gasteiger partial charge in [-0.2, -0.15) is 0 Å². The van der Waals surface area contributed by atoms with E-state index in [-0.39, 0.29) is 16.9 Å². The Morgan fingerprint density at radius 3 is 1.82 bits per heavy atom. The molecule has 4 N–H and O–H groups in total. The Hall–Kier alpha value is -1.77. The van der Waals surface area contributed by atoms with E-state index in [9.17, 15) is 28.8 Å². The first kappa shape index (κ1) is 29.3. The van der Waals surface area contributed by atoms with Crippen molar-refractivity contribution in [2.45, 2.75) is 26.9 Å². The van der Waals surface area contributed by atoms with Crippen LogP contribution in [0.3, 0.4) is 0 Å². The van der Waals surface area contributed by atoms with Crippen LogP contribution in [-0.2, 0) is 43.0 Å². The molecule has 15 heteroatoms. The minimum absolute atomic E-state index is 0.116. The molecule has 0 saturated heterocycles. The molecule has 0 aliphatic heterocycles. The van der Waals surface area contributed by atoms with Gasteiger partial charge in [-0.15, -0.1) is 0 Å². The van der Waals surface area contributed by atoms with Crippen molar-refractivity contribution in [3.05, 3.63) is 16.3 Å². The summed E-state index contributed by atoms with van der Waals surface area (Å²) in [4.78, 5) is 70.5. The molecule has 3 amide bonds. The number of benzene rings is 1. The SMILES string of the molecule is CC(=O)OCC(=O)NC(=O)C(OC(C)=O)c1c(I)c(N)c(I)c(NC(=O)COC(C)=O)c1I. The zero-order valence-electron chi connectivity index (χ0n) is 17.4. The van der Waals surface area contributed by atoms with Crippen LogP contribution in [0.15, 0.2) is 0 Å². The Balaban J connectivity index is 3.41. The quantitative estimate of drug-likeness (QED) is 0.151. The predicted octanol–water partition coefficient (Wildman–Crippen LogP) is 1.39. The lowest BCUT2D eigenvalue weighted by molar-refractivity contribution is -0.156. The molecule has 0 heterocycles. The van der Waals surface area contributed by atoms with E-state index >= 15 is 0 Å². The highest BCUT2D eigenvalue weighted by atomic mass is 127. The smallest absolute Gasteiger partial charge is 0.303 e. The lowest BCUT2D eigenvalue weighted by Gasteiger charge is -2.23. The third kappa shape index (κ3) is 8.83. The molecule has 33 heavy (non-hydrogen) atoms. The summed E-state index contributed by atoms with van der Waals surface area (Å²) in [6.07, 6.45) is -1.62. The number of nitrogen functional groups attached to an aromatic ring is 1. The minimum Gasteiger partial charge on any atom is -0.456 e. The molecule has 12 nitrogen and oxygen atoms in total. The van der Waals surface area contributed by atoms with Crippen molar-refractivity contribution in [2.75, 3.05) is 24.3 Å². The number of amides is 3. The average Bonchev–Trinajstić information content (AvgIpc) is 2.71. The van der Waals surface area contributed by atoms with E-state index in [0.29, 0.717) is 10.7 Å². The van der Waals surface area contributed by atoms with Crippen molar-refractivity contribution >= 4 is 115 Å². The molecule has 1 unspecified atom stereocenters. The summed E-state index contributed by atoms with van der Waals surface area (Å²) in [5.74, 6) is -4.83. The normalized spacial score (nSPS) is 11.1. The van der Waals surface area contributed by atoms with Crippen LogP contribution in [0, 0.1) is 10.7 Å². The maximum Gasteiger partial charge on any atom is 0.303 e. The number of esters is 3. The van der Waals surface area contributed by atoms with Crippen molar-refractivity contribution in [3.8, 4) is 0 Å². The molecular formula is C18H18I3N3O9. The van der Waals surface area contributed by atoms with Crippen LogP contribution in [0.25, 0.3) is 0 Å². The molecule has 1 rings (SSSR count). The molecule has 0 radical (unpaired) electrons. The van der Waals surface area contributed by atoms with Crippen molar-refractivity contribution in [3.63, 3.8) is 0 Å². The van der Waals surface area contributed by atoms with Crippen LogP contribution >= 0.6 is 67.8 Å². The minimum atomic E-state index is -1.62. The van der Waals surface area contributed by atoms with Crippen molar-refractivity contribution in [2.24, 2.45) is 0 Å². The highest BCUT2D eigenvalue weighted by Gasteiger charge is 2.33. The maximum atomic E-state index is 12.8. The molecule has 1 atom stereocenters. The molecular weight excluding hydrogens is 783 g/mol. The lowest BCUT2D eigenvalue weighted by atomic mass is 10.1. The van der Waals surface area contributed by atoms with E-state index in [1.54, 1.807) is 0 Å². The van der Waals surface area contributed by atoms with Gasteiger partial charge in [0.25, 0.3) is 17.7 Å². The van der Waals surface area contributed by atoms with E-state index in [1.807, 2.05) is 73.1 Å². The van der Waals surface area contributed by atoms with E-state index in [2.05, 4.69) is 14.8 Å². The molecule has 0 saturated carbocycles. The second-order valence-electron chi connectivity index (χ2n) is 6.15. The number of halogens is 3. The number of rotatable bonds is 8. The van der Waals surface area contributed by atoms with Gasteiger partial charge in [-0.1, -0.05) is 0 Å². The summed E-state index contributed by atoms with van der Waals surface area (Å²) in [6, 6.07) is 0. The third-order valence-corrected chi connectivity index (χ3v) is 6.91. The van der Waals surface area contributed by atoms with Crippen LogP contribution in [-0.4, -0.2) is 48.8 Å². The Morgan fingerprint density at radius 2 is 1.33 bits per heavy atom. The zero-order valence-corrected chi connectivity index (χ0v) is 23.8. The lowest BCUT2D eigenvalue weighted by Crippen LogP contribution is -2.39. The number of hydrogen-bond acceptors (Lipinski definition) is 10. The van der Waals surface area contributed by atoms with Gasteiger partial charge in [0.05, 0.1) is 14.9 Å². The van der Waals surface area contributed by atoms with Gasteiger partial charge in [-0.05, 0) is 67.8 Å². The second kappa shape index (κ2) is 13.2. The first-order valence-electron chi connectivity index (χ1n) is 8.79. The van der Waals surface area contributed by atoms with Gasteiger partial charge in [0, 0.05) is 33.5 Å². The number of carbonyl (C=O) groups is 6. The summed E-state index contributed by atoms with van der Waals surface area (Å²) in [7, 11) is 0. The summed E-state index contributed by atoms with van der Waals surface area (Å²) in [5.41, 5.74) is 6.63. The first-order chi connectivity index (χ1) is 15.3. The van der Waals surface area contributed by atoms with E-state index in [1.165, 1.54) is 0 Å². The molecule has 0 spiro atoms. The van der Waals surface area contributed by atoms with E-state index in [4.69, 9.17) is 10.5 Å². The number of ether oxygens (including phenoxy) is 3. The molecule has 0 aromatic heterocycles. The van der Waals surface area contributed by atoms with E-state index in [0.717, 1.165) is 20.8 Å². The van der Waals surface area contributed by atoms with Gasteiger partial charge in [0.1, 0.15) is 0 Å². The number of imide groups is 1. The first-order valence-corrected chi connectivity index (χ1v) is 12.0. The predicted molar refractivity (Wildman–Crippen MR) is 139 cm³/mol. The van der Waals surface area contributed by atoms with Gasteiger partial charge < -0.3 is 25.3 Å². The highest BCUT2D eigenvalue weighted by Crippen LogP contribution is 2.41. The maximum absolute atomic E-state index is 12.8. The van der Waals surface area contributed by atoms with Crippen LogP contribution in [0.2, 0.25) is 0 Å². The highest BCUT2D eigenvalue weighted by molar-refractivity contribution is 14.1. The standard InChI is InChI=1S/C18H18I3N3O9/c1-6(25)31-4-9(28)23-16-13(20)11(12(19)15(22)14(16)21)17(33-8(3)27)18(30)24-10(29)5-32-7(2)26/h17H,4-5,22H2,1-3H3,(H,23,28)(H,24,29,30). The molecule has 0 bridgehead atoms. The zero-order chi connectivity index (χ0) is 25.5. The Bertz CT molecular complexity index is 1010. The number of anilines is 2. The number of nitrogens with one attached hydrogen (secondary N) is 2. The van der Waals surface area contributed by atoms with Gasteiger partial charge in [0.2, 0.25) is 6.10 Å². The van der Waals surface area contributed by atoms with Crippen LogP contribution in [0.4, 0.5) is 11.4 Å². The molecule has 1 aromatic carbocycles. The monoisotopic (exact) mass is 801 g/mol. The summed E-state index contributed by atoms with van der Waals surface area (Å²) >= 11 is 5.55. The van der Waals surface area contributed by atoms with Gasteiger partial charge >= 0.3 is 17.9 Å². The van der Waals surface area contributed by atoms with E-state index < -0.39 is 54.9 Å². The Kier molecular flexibility index (Phi) is 11.7. The molecule has 0 aliphatic rings. The molecule has 1 aromatic rings. The van der Waals surface area contributed by atoms with Crippen LogP contribution < -0.4 is 16.4 Å². The van der Waals surface area contributed by atoms with Gasteiger partial charge in [-0.3, -0.25) is 34.1 Å². The average molecular weight is 801 g/mol. The van der Waals surface area contributed by atoms with Crippen LogP contribution in [0.5, 0.6) is 0 Å². The van der Waals surface area contributed by atoms with Crippen molar-refractivity contribution in [1.82, 2.24) is 5.32 Å². The van der Waals surface area contributed by atoms with Crippen molar-refractivity contribution in [1.29, 1.82) is 0 Å². The molecule has 0 fully saturated rings. The fraction of sp³-hybridized carbons (Fsp3) is 0.333. The fourth-order valence-corrected chi connectivity index (χ4v) is 6.20. The van der Waals surface area contributed by atoms with Gasteiger partial charge in [-0.25, -0.2) is 0 Å². The Morgan fingerprint density at radius 1 is 0.818 bits per heavy atom. The van der Waals surface area contributed by atoms with Crippen LogP contribution in [0.1, 0.15) is 32.4 Å². The number of hydrogen-bond donors (Lipinski definition) is 3. The topological polar surface area (TPSA) is 180 Å². The summed E-state index contributed by atoms with van der Waals surface area (Å²) < 4.78 is 15.4. The van der Waals surface area contributed by atoms with Gasteiger partial charge in [0.15, 0.2) is 13.2 Å².